The van der Waals surface area contributed by atoms with E-state index in [-0.39, 0.29) is 22.8 Å². The van der Waals surface area contributed by atoms with Gasteiger partial charge in [-0.2, -0.15) is 23.4 Å². The number of hydrogen-bond donors (Lipinski definition) is 0. The van der Waals surface area contributed by atoms with Gasteiger partial charge in [0.05, 0.1) is 11.6 Å². The fourth-order valence-electron chi connectivity index (χ4n) is 2.00. The molecule has 0 saturated carbocycles. The number of rotatable bonds is 3. The standard InChI is InChI=1S/C17H8F4N4O/c18-11-7-10(9-22)4-5-13(11)26-15-8-14(17(19,20)21)24-16(25-15)12-3-1-2-6-23-12/h1-8H. The van der Waals surface area contributed by atoms with Gasteiger partial charge in [0.2, 0.25) is 5.88 Å². The van der Waals surface area contributed by atoms with Gasteiger partial charge in [-0.15, -0.1) is 0 Å². The van der Waals surface area contributed by atoms with Crippen molar-refractivity contribution in [1.82, 2.24) is 15.0 Å². The Labute approximate surface area is 144 Å². The molecule has 0 atom stereocenters. The lowest BCUT2D eigenvalue weighted by Gasteiger charge is -2.11. The van der Waals surface area contributed by atoms with Crippen LogP contribution < -0.4 is 4.74 Å². The molecule has 0 N–H and O–H groups in total. The van der Waals surface area contributed by atoms with Crippen LogP contribution in [0.15, 0.2) is 48.7 Å². The van der Waals surface area contributed by atoms with E-state index in [9.17, 15) is 17.6 Å². The topological polar surface area (TPSA) is 71.7 Å². The van der Waals surface area contributed by atoms with Crippen LogP contribution in [0.4, 0.5) is 17.6 Å². The molecule has 130 valence electrons. The maximum absolute atomic E-state index is 13.9. The van der Waals surface area contributed by atoms with E-state index >= 15 is 0 Å². The summed E-state index contributed by atoms with van der Waals surface area (Å²) in [6.45, 7) is 0. The first-order chi connectivity index (χ1) is 12.4. The summed E-state index contributed by atoms with van der Waals surface area (Å²) in [5.74, 6) is -2.10. The predicted octanol–water partition coefficient (Wildman–Crippen LogP) is 4.36. The van der Waals surface area contributed by atoms with Crippen LogP contribution in [0.2, 0.25) is 0 Å². The van der Waals surface area contributed by atoms with Gasteiger partial charge in [-0.25, -0.2) is 9.37 Å². The molecule has 0 spiro atoms. The number of ether oxygens (including phenoxy) is 1. The molecule has 0 aliphatic carbocycles. The molecule has 0 radical (unpaired) electrons. The maximum Gasteiger partial charge on any atom is 0.433 e. The Morgan fingerprint density at radius 3 is 2.46 bits per heavy atom. The summed E-state index contributed by atoms with van der Waals surface area (Å²) in [7, 11) is 0. The van der Waals surface area contributed by atoms with Gasteiger partial charge in [-0.3, -0.25) is 4.98 Å². The summed E-state index contributed by atoms with van der Waals surface area (Å²) in [4.78, 5) is 11.2. The molecule has 2 heterocycles. The number of nitrogens with zero attached hydrogens (tertiary/aromatic N) is 4. The van der Waals surface area contributed by atoms with E-state index in [1.165, 1.54) is 18.3 Å². The van der Waals surface area contributed by atoms with Crippen LogP contribution in [0.25, 0.3) is 11.5 Å². The Bertz CT molecular complexity index is 984. The molecule has 0 saturated heterocycles. The predicted molar refractivity (Wildman–Crippen MR) is 81.5 cm³/mol. The highest BCUT2D eigenvalue weighted by molar-refractivity contribution is 5.50. The Kier molecular flexibility index (Phi) is 4.49. The van der Waals surface area contributed by atoms with Gasteiger partial charge in [0.25, 0.3) is 0 Å². The minimum absolute atomic E-state index is 0.0442. The number of halogens is 4. The van der Waals surface area contributed by atoms with Crippen molar-refractivity contribution in [3.8, 4) is 29.2 Å². The van der Waals surface area contributed by atoms with Gasteiger partial charge < -0.3 is 4.74 Å². The van der Waals surface area contributed by atoms with E-state index < -0.39 is 23.6 Å². The van der Waals surface area contributed by atoms with Crippen molar-refractivity contribution < 1.29 is 22.3 Å². The molecule has 0 aliphatic heterocycles. The van der Waals surface area contributed by atoms with Crippen molar-refractivity contribution in [2.24, 2.45) is 0 Å². The summed E-state index contributed by atoms with van der Waals surface area (Å²) in [5, 5.41) is 8.72. The van der Waals surface area contributed by atoms with Crippen LogP contribution in [-0.4, -0.2) is 15.0 Å². The van der Waals surface area contributed by atoms with E-state index in [0.717, 1.165) is 12.1 Å². The molecule has 0 unspecified atom stereocenters. The third-order valence-electron chi connectivity index (χ3n) is 3.16. The number of pyridine rings is 1. The molecule has 0 fully saturated rings. The second-order valence-corrected chi connectivity index (χ2v) is 4.99. The van der Waals surface area contributed by atoms with Crippen molar-refractivity contribution in [2.45, 2.75) is 6.18 Å². The summed E-state index contributed by atoms with van der Waals surface area (Å²) in [6, 6.07) is 10.2. The fraction of sp³-hybridized carbons (Fsp3) is 0.0588. The molecule has 0 amide bonds. The van der Waals surface area contributed by atoms with E-state index in [1.54, 1.807) is 18.2 Å². The number of benzene rings is 1. The highest BCUT2D eigenvalue weighted by atomic mass is 19.4. The average Bonchev–Trinajstić information content (AvgIpc) is 2.63. The Hall–Kier alpha value is -3.54. The molecule has 0 aliphatic rings. The first kappa shape index (κ1) is 17.3. The van der Waals surface area contributed by atoms with Crippen molar-refractivity contribution in [3.05, 3.63) is 65.7 Å². The molecule has 1 aromatic carbocycles. The van der Waals surface area contributed by atoms with Crippen molar-refractivity contribution in [3.63, 3.8) is 0 Å². The monoisotopic (exact) mass is 360 g/mol. The zero-order valence-corrected chi connectivity index (χ0v) is 12.8. The molecule has 26 heavy (non-hydrogen) atoms. The van der Waals surface area contributed by atoms with Gasteiger partial charge in [-0.05, 0) is 30.3 Å². The van der Waals surface area contributed by atoms with E-state index in [1.807, 2.05) is 0 Å². The summed E-state index contributed by atoms with van der Waals surface area (Å²) >= 11 is 0. The maximum atomic E-state index is 13.9. The number of aromatic nitrogens is 3. The van der Waals surface area contributed by atoms with Crippen LogP contribution in [0.3, 0.4) is 0 Å². The molecule has 2 aromatic heterocycles. The molecule has 0 bridgehead atoms. The molecule has 3 rings (SSSR count). The third-order valence-corrected chi connectivity index (χ3v) is 3.16. The first-order valence-electron chi connectivity index (χ1n) is 7.12. The highest BCUT2D eigenvalue weighted by Gasteiger charge is 2.34. The lowest BCUT2D eigenvalue weighted by atomic mass is 10.2. The van der Waals surface area contributed by atoms with Crippen LogP contribution in [0.1, 0.15) is 11.3 Å². The molecular weight excluding hydrogens is 352 g/mol. The zero-order valence-electron chi connectivity index (χ0n) is 12.8. The third kappa shape index (κ3) is 3.75. The van der Waals surface area contributed by atoms with Gasteiger partial charge in [0, 0.05) is 12.3 Å². The Morgan fingerprint density at radius 1 is 1.04 bits per heavy atom. The minimum Gasteiger partial charge on any atom is -0.436 e. The molecule has 3 aromatic rings. The van der Waals surface area contributed by atoms with Crippen LogP contribution in [-0.2, 0) is 6.18 Å². The van der Waals surface area contributed by atoms with Crippen LogP contribution in [0.5, 0.6) is 11.6 Å². The zero-order chi connectivity index (χ0) is 18.7. The van der Waals surface area contributed by atoms with Crippen LogP contribution >= 0.6 is 0 Å². The molecule has 9 heteroatoms. The van der Waals surface area contributed by atoms with Crippen molar-refractivity contribution in [2.75, 3.05) is 0 Å². The second-order valence-electron chi connectivity index (χ2n) is 4.99. The number of nitriles is 1. The van der Waals surface area contributed by atoms with Gasteiger partial charge >= 0.3 is 6.18 Å². The average molecular weight is 360 g/mol. The molecule has 5 nitrogen and oxygen atoms in total. The smallest absolute Gasteiger partial charge is 0.433 e. The minimum atomic E-state index is -4.76. The number of hydrogen-bond acceptors (Lipinski definition) is 5. The first-order valence-corrected chi connectivity index (χ1v) is 7.12. The van der Waals surface area contributed by atoms with Gasteiger partial charge in [0.15, 0.2) is 23.1 Å². The second kappa shape index (κ2) is 6.76. The van der Waals surface area contributed by atoms with Crippen LogP contribution in [0, 0.1) is 17.1 Å². The van der Waals surface area contributed by atoms with Crippen molar-refractivity contribution in [1.29, 1.82) is 5.26 Å². The van der Waals surface area contributed by atoms with Crippen molar-refractivity contribution >= 4 is 0 Å². The van der Waals surface area contributed by atoms with E-state index in [4.69, 9.17) is 10.00 Å². The Balaban J connectivity index is 2.05. The molecular formula is C17H8F4N4O. The van der Waals surface area contributed by atoms with E-state index in [0.29, 0.717) is 6.07 Å². The van der Waals surface area contributed by atoms with Gasteiger partial charge in [0.1, 0.15) is 5.69 Å². The normalized spacial score (nSPS) is 11.0. The fourth-order valence-corrected chi connectivity index (χ4v) is 2.00. The summed E-state index contributed by atoms with van der Waals surface area (Å²) < 4.78 is 58.4. The quantitative estimate of drug-likeness (QED) is 0.649. The number of alkyl halides is 3. The van der Waals surface area contributed by atoms with E-state index in [2.05, 4.69) is 15.0 Å². The SMILES string of the molecule is N#Cc1ccc(Oc2cc(C(F)(F)F)nc(-c3ccccn3)n2)c(F)c1. The Morgan fingerprint density at radius 2 is 1.85 bits per heavy atom. The lowest BCUT2D eigenvalue weighted by Crippen LogP contribution is -2.10. The van der Waals surface area contributed by atoms with Gasteiger partial charge in [-0.1, -0.05) is 6.07 Å². The largest absolute Gasteiger partial charge is 0.436 e. The summed E-state index contributed by atoms with van der Waals surface area (Å²) in [6.07, 6.45) is -3.38. The highest BCUT2D eigenvalue weighted by Crippen LogP contribution is 2.33. The summed E-state index contributed by atoms with van der Waals surface area (Å²) in [5.41, 5.74) is -1.11. The lowest BCUT2D eigenvalue weighted by molar-refractivity contribution is -0.141.